The van der Waals surface area contributed by atoms with Crippen LogP contribution in [0.3, 0.4) is 0 Å². The van der Waals surface area contributed by atoms with Crippen LogP contribution in [0.2, 0.25) is 0 Å². The first kappa shape index (κ1) is 15.9. The Hall–Kier alpha value is -2.18. The van der Waals surface area contributed by atoms with Crippen molar-refractivity contribution in [2.24, 2.45) is 5.92 Å². The fourth-order valence-corrected chi connectivity index (χ4v) is 1.82. The van der Waals surface area contributed by atoms with Gasteiger partial charge in [-0.15, -0.1) is 0 Å². The Morgan fingerprint density at radius 1 is 1.35 bits per heavy atom. The van der Waals surface area contributed by atoms with Gasteiger partial charge in [0, 0.05) is 0 Å². The molecule has 1 amide bonds. The molecule has 1 aromatic rings. The Morgan fingerprint density at radius 2 is 1.95 bits per heavy atom. The van der Waals surface area contributed by atoms with Gasteiger partial charge in [-0.3, -0.25) is 9.59 Å². The van der Waals surface area contributed by atoms with E-state index in [2.05, 4.69) is 15.5 Å². The number of carbonyl (C=O) groups excluding carboxylic acids is 1. The number of carboxylic acids is 1. The van der Waals surface area contributed by atoms with Crippen molar-refractivity contribution < 1.29 is 14.7 Å². The number of nitrogens with zero attached hydrogens (tertiary/aromatic N) is 1. The summed E-state index contributed by atoms with van der Waals surface area (Å²) >= 11 is 0. The second-order valence-electron chi connectivity index (χ2n) is 5.13. The fraction of sp³-hybridized carbons (Fsp3) is 0.538. The summed E-state index contributed by atoms with van der Waals surface area (Å²) in [7, 11) is 0. The number of aliphatic carboxylic acids is 1. The second kappa shape index (κ2) is 6.31. The van der Waals surface area contributed by atoms with E-state index in [1.165, 1.54) is 0 Å². The Morgan fingerprint density at radius 3 is 2.45 bits per heavy atom. The van der Waals surface area contributed by atoms with Crippen molar-refractivity contribution in [3.63, 3.8) is 0 Å². The van der Waals surface area contributed by atoms with Crippen molar-refractivity contribution in [3.05, 3.63) is 27.2 Å². The van der Waals surface area contributed by atoms with Gasteiger partial charge in [0.05, 0.1) is 5.69 Å². The summed E-state index contributed by atoms with van der Waals surface area (Å²) in [5, 5.41) is 17.5. The molecule has 1 heterocycles. The molecule has 0 saturated heterocycles. The third kappa shape index (κ3) is 3.66. The standard InChI is InChI=1S/C13H19N3O4/c1-6(2)5-9(13(19)20)14-11(17)10-7(3)8(4)15-16-12(10)18/h6,9H,5H2,1-4H3,(H,14,17)(H,16,18)(H,19,20)/t9-/m0/s1. The molecule has 1 atom stereocenters. The van der Waals surface area contributed by atoms with E-state index in [4.69, 9.17) is 5.11 Å². The third-order valence-corrected chi connectivity index (χ3v) is 3.01. The molecule has 0 spiro atoms. The van der Waals surface area contributed by atoms with Gasteiger partial charge in [0.15, 0.2) is 0 Å². The maximum atomic E-state index is 12.1. The fourth-order valence-electron chi connectivity index (χ4n) is 1.82. The highest BCUT2D eigenvalue weighted by atomic mass is 16.4. The molecule has 1 aromatic heterocycles. The number of rotatable bonds is 5. The van der Waals surface area contributed by atoms with Crippen molar-refractivity contribution >= 4 is 11.9 Å². The molecule has 3 N–H and O–H groups in total. The van der Waals surface area contributed by atoms with E-state index in [1.54, 1.807) is 13.8 Å². The highest BCUT2D eigenvalue weighted by Crippen LogP contribution is 2.08. The number of amides is 1. The molecule has 7 nitrogen and oxygen atoms in total. The van der Waals surface area contributed by atoms with Crippen LogP contribution in [0.4, 0.5) is 0 Å². The van der Waals surface area contributed by atoms with Gasteiger partial charge in [-0.1, -0.05) is 13.8 Å². The minimum atomic E-state index is -1.12. The van der Waals surface area contributed by atoms with Crippen LogP contribution in [0, 0.1) is 19.8 Å². The van der Waals surface area contributed by atoms with Crippen LogP contribution in [0.15, 0.2) is 4.79 Å². The number of carboxylic acid groups (broad SMARTS) is 1. The van der Waals surface area contributed by atoms with E-state index in [0.717, 1.165) is 0 Å². The molecule has 1 rings (SSSR count). The van der Waals surface area contributed by atoms with Crippen LogP contribution in [0.25, 0.3) is 0 Å². The van der Waals surface area contributed by atoms with Gasteiger partial charge in [-0.2, -0.15) is 5.10 Å². The normalized spacial score (nSPS) is 12.2. The molecule has 0 aromatic carbocycles. The van der Waals surface area contributed by atoms with Gasteiger partial charge < -0.3 is 10.4 Å². The second-order valence-corrected chi connectivity index (χ2v) is 5.13. The highest BCUT2D eigenvalue weighted by molar-refractivity contribution is 5.97. The molecule has 7 heteroatoms. The number of H-pyrrole nitrogens is 1. The lowest BCUT2D eigenvalue weighted by molar-refractivity contribution is -0.139. The van der Waals surface area contributed by atoms with Gasteiger partial charge in [0.2, 0.25) is 0 Å². The summed E-state index contributed by atoms with van der Waals surface area (Å²) in [6, 6.07) is -1.02. The number of aryl methyl sites for hydroxylation is 1. The summed E-state index contributed by atoms with van der Waals surface area (Å²) in [6.45, 7) is 6.98. The third-order valence-electron chi connectivity index (χ3n) is 3.01. The van der Waals surface area contributed by atoms with Crippen LogP contribution in [0.5, 0.6) is 0 Å². The van der Waals surface area contributed by atoms with Crippen molar-refractivity contribution in [1.82, 2.24) is 15.5 Å². The number of nitrogens with one attached hydrogen (secondary N) is 2. The summed E-state index contributed by atoms with van der Waals surface area (Å²) in [4.78, 5) is 34.9. The lowest BCUT2D eigenvalue weighted by Crippen LogP contribution is -2.43. The molecular weight excluding hydrogens is 262 g/mol. The van der Waals surface area contributed by atoms with E-state index >= 15 is 0 Å². The number of aromatic nitrogens is 2. The van der Waals surface area contributed by atoms with Crippen LogP contribution in [-0.4, -0.2) is 33.2 Å². The van der Waals surface area contributed by atoms with Crippen LogP contribution in [-0.2, 0) is 4.79 Å². The quantitative estimate of drug-likeness (QED) is 0.732. The zero-order valence-corrected chi connectivity index (χ0v) is 12.0. The zero-order valence-electron chi connectivity index (χ0n) is 12.0. The number of aromatic amines is 1. The Labute approximate surface area is 116 Å². The predicted octanol–water partition coefficient (Wildman–Crippen LogP) is 0.616. The number of hydrogen-bond donors (Lipinski definition) is 3. The largest absolute Gasteiger partial charge is 0.480 e. The molecule has 0 saturated carbocycles. The van der Waals surface area contributed by atoms with Gasteiger partial charge in [0.1, 0.15) is 11.6 Å². The van der Waals surface area contributed by atoms with E-state index < -0.39 is 23.5 Å². The average Bonchev–Trinajstić information content (AvgIpc) is 2.33. The van der Waals surface area contributed by atoms with Crippen molar-refractivity contribution in [1.29, 1.82) is 0 Å². The molecule has 0 radical (unpaired) electrons. The first-order chi connectivity index (χ1) is 9.23. The minimum absolute atomic E-state index is 0.0903. The molecule has 20 heavy (non-hydrogen) atoms. The Balaban J connectivity index is 3.04. The first-order valence-electron chi connectivity index (χ1n) is 6.33. The van der Waals surface area contributed by atoms with Gasteiger partial charge in [0.25, 0.3) is 11.5 Å². The van der Waals surface area contributed by atoms with Gasteiger partial charge >= 0.3 is 5.97 Å². The minimum Gasteiger partial charge on any atom is -0.480 e. The molecule has 0 unspecified atom stereocenters. The smallest absolute Gasteiger partial charge is 0.326 e. The van der Waals surface area contributed by atoms with Crippen molar-refractivity contribution in [3.8, 4) is 0 Å². The molecule has 0 aliphatic heterocycles. The van der Waals surface area contributed by atoms with Crippen molar-refractivity contribution in [2.45, 2.75) is 40.2 Å². The Kier molecular flexibility index (Phi) is 5.01. The maximum absolute atomic E-state index is 12.1. The lowest BCUT2D eigenvalue weighted by atomic mass is 10.0. The van der Waals surface area contributed by atoms with Crippen molar-refractivity contribution in [2.75, 3.05) is 0 Å². The Bertz CT molecular complexity index is 577. The molecular formula is C13H19N3O4. The monoisotopic (exact) mass is 281 g/mol. The molecule has 0 aliphatic rings. The van der Waals surface area contributed by atoms with E-state index in [1.807, 2.05) is 13.8 Å². The summed E-state index contributed by atoms with van der Waals surface area (Å²) in [6.07, 6.45) is 0.294. The van der Waals surface area contributed by atoms with Crippen LogP contribution < -0.4 is 10.9 Å². The zero-order chi connectivity index (χ0) is 15.4. The molecule has 0 bridgehead atoms. The molecule has 110 valence electrons. The lowest BCUT2D eigenvalue weighted by Gasteiger charge is -2.17. The average molecular weight is 281 g/mol. The summed E-state index contributed by atoms with van der Waals surface area (Å²) < 4.78 is 0. The number of hydrogen-bond acceptors (Lipinski definition) is 4. The SMILES string of the molecule is Cc1n[nH]c(=O)c(C(=O)N[C@@H](CC(C)C)C(=O)O)c1C. The molecule has 0 aliphatic carbocycles. The maximum Gasteiger partial charge on any atom is 0.326 e. The first-order valence-corrected chi connectivity index (χ1v) is 6.33. The predicted molar refractivity (Wildman–Crippen MR) is 72.7 cm³/mol. The van der Waals surface area contributed by atoms with Crippen LogP contribution >= 0.6 is 0 Å². The molecule has 0 fully saturated rings. The van der Waals surface area contributed by atoms with E-state index in [9.17, 15) is 14.4 Å². The van der Waals surface area contributed by atoms with E-state index in [-0.39, 0.29) is 11.5 Å². The highest BCUT2D eigenvalue weighted by Gasteiger charge is 2.24. The topological polar surface area (TPSA) is 112 Å². The van der Waals surface area contributed by atoms with E-state index in [0.29, 0.717) is 17.7 Å². The summed E-state index contributed by atoms with van der Waals surface area (Å²) in [5.41, 5.74) is 0.247. The van der Waals surface area contributed by atoms with Gasteiger partial charge in [-0.25, -0.2) is 9.89 Å². The number of carbonyl (C=O) groups is 2. The van der Waals surface area contributed by atoms with Crippen LogP contribution in [0.1, 0.15) is 41.9 Å². The summed E-state index contributed by atoms with van der Waals surface area (Å²) in [5.74, 6) is -1.70. The van der Waals surface area contributed by atoms with Gasteiger partial charge in [-0.05, 0) is 31.7 Å².